The van der Waals surface area contributed by atoms with Crippen LogP contribution in [0.2, 0.25) is 0 Å². The van der Waals surface area contributed by atoms with Crippen molar-refractivity contribution in [3.63, 3.8) is 0 Å². The van der Waals surface area contributed by atoms with Crippen LogP contribution >= 0.6 is 0 Å². The molecule has 0 atom stereocenters. The number of methoxy groups -OCH3 is 3. The molecule has 0 aromatic heterocycles. The molecule has 0 bridgehead atoms. The van der Waals surface area contributed by atoms with Gasteiger partial charge in [0.25, 0.3) is 0 Å². The van der Waals surface area contributed by atoms with Crippen LogP contribution in [0.25, 0.3) is 0 Å². The molecule has 2 aromatic rings. The Morgan fingerprint density at radius 2 is 0.737 bits per heavy atom. The van der Waals surface area contributed by atoms with E-state index in [0.29, 0.717) is 0 Å². The SMILES string of the molecule is C.C.C.COC(=O)c1cc(C(=O)O)cc(C(=O)O)c1.COC(=O)c1cc(C(C)=O)cc(C(=O)OC)c1.[Na+].[OH-]. The molecule has 2 aromatic carbocycles. The summed E-state index contributed by atoms with van der Waals surface area (Å²) >= 11 is 0. The molecule has 13 heteroatoms. The van der Waals surface area contributed by atoms with Crippen LogP contribution in [0.15, 0.2) is 36.4 Å². The number of hydrogen-bond acceptors (Lipinski definition) is 10. The average Bonchev–Trinajstić information content (AvgIpc) is 2.81. The summed E-state index contributed by atoms with van der Waals surface area (Å²) in [5, 5.41) is 17.4. The Hall–Kier alpha value is -3.58. The Labute approximate surface area is 243 Å². The van der Waals surface area contributed by atoms with E-state index < -0.39 is 29.8 Å². The molecule has 0 heterocycles. The quantitative estimate of drug-likeness (QED) is 0.225. The monoisotopic (exact) mass is 548 g/mol. The van der Waals surface area contributed by atoms with Crippen LogP contribution in [0.1, 0.15) is 91.4 Å². The summed E-state index contributed by atoms with van der Waals surface area (Å²) in [6.07, 6.45) is 0. The van der Waals surface area contributed by atoms with Gasteiger partial charge in [-0.3, -0.25) is 4.79 Å². The summed E-state index contributed by atoms with van der Waals surface area (Å²) < 4.78 is 13.5. The van der Waals surface area contributed by atoms with E-state index >= 15 is 0 Å². The van der Waals surface area contributed by atoms with Crippen LogP contribution in [0.3, 0.4) is 0 Å². The Balaban J connectivity index is -0.000000169. The molecule has 206 valence electrons. The van der Waals surface area contributed by atoms with E-state index in [4.69, 9.17) is 10.2 Å². The second-order valence-electron chi connectivity index (χ2n) is 6.24. The largest absolute Gasteiger partial charge is 1.00 e. The van der Waals surface area contributed by atoms with Crippen molar-refractivity contribution in [2.75, 3.05) is 21.3 Å². The second kappa shape index (κ2) is 20.5. The number of ketones is 1. The number of Topliss-reactive ketones (excluding diaryl/α,β-unsaturated/α-hetero) is 1. The van der Waals surface area contributed by atoms with Gasteiger partial charge in [-0.15, -0.1) is 0 Å². The number of hydrogen-bond donors (Lipinski definition) is 2. The molecule has 3 N–H and O–H groups in total. The number of esters is 3. The van der Waals surface area contributed by atoms with Crippen molar-refractivity contribution in [1.29, 1.82) is 0 Å². The molecule has 0 radical (unpaired) electrons. The van der Waals surface area contributed by atoms with E-state index in [1.54, 1.807) is 0 Å². The zero-order valence-corrected chi connectivity index (χ0v) is 21.5. The fraction of sp³-hybridized carbons (Fsp3) is 0.280. The van der Waals surface area contributed by atoms with Crippen LogP contribution in [0.4, 0.5) is 0 Å². The fourth-order valence-corrected chi connectivity index (χ4v) is 2.41. The van der Waals surface area contributed by atoms with E-state index in [1.807, 2.05) is 0 Å². The maximum atomic E-state index is 11.4. The molecule has 0 fully saturated rings. The number of ether oxygens (including phenoxy) is 3. The smallest absolute Gasteiger partial charge is 0.870 e. The molecule has 38 heavy (non-hydrogen) atoms. The Kier molecular flexibility index (Phi) is 23.9. The summed E-state index contributed by atoms with van der Waals surface area (Å²) in [5.74, 6) is -4.88. The number of carbonyl (C=O) groups excluding carboxylic acids is 4. The first kappa shape index (κ1) is 44.4. The zero-order valence-electron chi connectivity index (χ0n) is 19.5. The molecule has 0 saturated carbocycles. The van der Waals surface area contributed by atoms with Crippen LogP contribution < -0.4 is 29.6 Å². The van der Waals surface area contributed by atoms with Gasteiger partial charge >= 0.3 is 59.4 Å². The first-order chi connectivity index (χ1) is 15.4. The molecule has 0 unspecified atom stereocenters. The van der Waals surface area contributed by atoms with Crippen LogP contribution in [0.5, 0.6) is 0 Å². The van der Waals surface area contributed by atoms with Crippen LogP contribution in [-0.4, -0.2) is 72.6 Å². The van der Waals surface area contributed by atoms with Crippen molar-refractivity contribution in [2.24, 2.45) is 0 Å². The van der Waals surface area contributed by atoms with Gasteiger partial charge < -0.3 is 29.9 Å². The number of carboxylic acid groups (broad SMARTS) is 2. The minimum Gasteiger partial charge on any atom is -0.870 e. The first-order valence-electron chi connectivity index (χ1n) is 8.97. The number of rotatable bonds is 6. The second-order valence-corrected chi connectivity index (χ2v) is 6.24. The van der Waals surface area contributed by atoms with Gasteiger partial charge in [0.15, 0.2) is 5.78 Å². The fourth-order valence-electron chi connectivity index (χ4n) is 2.41. The molecule has 0 spiro atoms. The van der Waals surface area contributed by atoms with E-state index in [1.165, 1.54) is 39.3 Å². The standard InChI is InChI=1S/C12H12O5.C10H8O6.3CH4.Na.H2O/c1-7(13)8-4-9(11(14)16-2)6-10(5-8)12(15)17-3;1-16-10(15)7-3-5(8(11)12)2-6(4-7)9(13)14;;;;;/h4-6H,1-3H3;2-4H,1H3,(H,11,12)(H,13,14);3*1H4;;1H2/q;;;;;+1;/p-1. The summed E-state index contributed by atoms with van der Waals surface area (Å²) in [6.45, 7) is 1.34. The maximum Gasteiger partial charge on any atom is 1.00 e. The van der Waals surface area contributed by atoms with Crippen LogP contribution in [0, 0.1) is 0 Å². The molecule has 0 saturated heterocycles. The summed E-state index contributed by atoms with van der Waals surface area (Å²) in [4.78, 5) is 66.5. The minimum atomic E-state index is -1.31. The van der Waals surface area contributed by atoms with Gasteiger partial charge in [0, 0.05) is 5.56 Å². The van der Waals surface area contributed by atoms with Gasteiger partial charge in [0.05, 0.1) is 49.1 Å². The number of carboxylic acids is 2. The third kappa shape index (κ3) is 12.6. The minimum absolute atomic E-state index is 0. The van der Waals surface area contributed by atoms with Gasteiger partial charge in [-0.05, 0) is 43.3 Å². The van der Waals surface area contributed by atoms with Crippen molar-refractivity contribution in [2.45, 2.75) is 29.2 Å². The number of carbonyl (C=O) groups is 6. The summed E-state index contributed by atoms with van der Waals surface area (Å²) in [7, 11) is 3.57. The predicted molar refractivity (Wildman–Crippen MR) is 133 cm³/mol. The van der Waals surface area contributed by atoms with Crippen molar-refractivity contribution in [3.8, 4) is 0 Å². The zero-order chi connectivity index (χ0) is 25.3. The van der Waals surface area contributed by atoms with E-state index in [2.05, 4.69) is 14.2 Å². The van der Waals surface area contributed by atoms with Crippen LogP contribution in [-0.2, 0) is 14.2 Å². The average molecular weight is 549 g/mol. The van der Waals surface area contributed by atoms with E-state index in [-0.39, 0.29) is 96.5 Å². The normalized spacial score (nSPS) is 8.32. The molecular formula is C25H33NaO12. The van der Waals surface area contributed by atoms with Crippen molar-refractivity contribution >= 4 is 35.6 Å². The van der Waals surface area contributed by atoms with Crippen molar-refractivity contribution in [1.82, 2.24) is 0 Å². The van der Waals surface area contributed by atoms with Crippen molar-refractivity contribution in [3.05, 3.63) is 69.8 Å². The predicted octanol–water partition coefficient (Wildman–Crippen LogP) is 1.07. The number of benzene rings is 2. The Morgan fingerprint density at radius 1 is 0.526 bits per heavy atom. The van der Waals surface area contributed by atoms with Crippen molar-refractivity contribution < 1.29 is 88.2 Å². The molecular weight excluding hydrogens is 515 g/mol. The molecule has 0 aliphatic heterocycles. The van der Waals surface area contributed by atoms with Gasteiger partial charge in [0.1, 0.15) is 0 Å². The van der Waals surface area contributed by atoms with E-state index in [9.17, 15) is 28.8 Å². The molecule has 0 amide bonds. The van der Waals surface area contributed by atoms with Gasteiger partial charge in [-0.25, -0.2) is 24.0 Å². The van der Waals surface area contributed by atoms with Gasteiger partial charge in [-0.2, -0.15) is 0 Å². The summed E-state index contributed by atoms with van der Waals surface area (Å²) in [5.41, 5.74) is -0.130. The maximum absolute atomic E-state index is 11.4. The molecule has 12 nitrogen and oxygen atoms in total. The summed E-state index contributed by atoms with van der Waals surface area (Å²) in [6, 6.07) is 7.16. The first-order valence-corrected chi connectivity index (χ1v) is 8.97. The number of aromatic carboxylic acids is 2. The molecule has 0 aliphatic rings. The Bertz CT molecular complexity index is 1060. The third-order valence-corrected chi connectivity index (χ3v) is 4.03. The van der Waals surface area contributed by atoms with Gasteiger partial charge in [-0.1, -0.05) is 22.3 Å². The molecule has 2 rings (SSSR count). The third-order valence-electron chi connectivity index (χ3n) is 4.03. The Morgan fingerprint density at radius 3 is 0.947 bits per heavy atom. The molecule has 0 aliphatic carbocycles. The van der Waals surface area contributed by atoms with E-state index in [0.717, 1.165) is 25.3 Å². The topological polar surface area (TPSA) is 201 Å². The van der Waals surface area contributed by atoms with Gasteiger partial charge in [0.2, 0.25) is 0 Å².